The van der Waals surface area contributed by atoms with E-state index in [4.69, 9.17) is 9.84 Å². The van der Waals surface area contributed by atoms with Crippen LogP contribution in [0.5, 0.6) is 0 Å². The lowest BCUT2D eigenvalue weighted by atomic mass is 10.2. The van der Waals surface area contributed by atoms with Crippen LogP contribution in [0.1, 0.15) is 23.2 Å². The maximum Gasteiger partial charge on any atom is 0.342 e. The van der Waals surface area contributed by atoms with Crippen LogP contribution in [-0.2, 0) is 4.74 Å². The highest BCUT2D eigenvalue weighted by Gasteiger charge is 2.15. The van der Waals surface area contributed by atoms with Gasteiger partial charge in [0.05, 0.1) is 12.3 Å². The van der Waals surface area contributed by atoms with Crippen molar-refractivity contribution in [1.29, 1.82) is 0 Å². The predicted molar refractivity (Wildman–Crippen MR) is 59.3 cm³/mol. The fraction of sp³-hybridized carbons (Fsp3) is 0.500. The summed E-state index contributed by atoms with van der Waals surface area (Å²) in [4.78, 5) is 28.1. The number of hydrogen-bond acceptors (Lipinski definition) is 5. The van der Waals surface area contributed by atoms with Gasteiger partial charge in [-0.15, -0.1) is 0 Å². The summed E-state index contributed by atoms with van der Waals surface area (Å²) >= 11 is 0. The molecular formula is C10H13N3O4. The van der Waals surface area contributed by atoms with E-state index in [9.17, 15) is 9.59 Å². The number of carboxylic acid groups (broad SMARTS) is 1. The highest BCUT2D eigenvalue weighted by Crippen LogP contribution is 2.11. The molecule has 3 N–H and O–H groups in total. The van der Waals surface area contributed by atoms with Crippen molar-refractivity contribution >= 4 is 11.9 Å². The second kappa shape index (κ2) is 4.96. The van der Waals surface area contributed by atoms with Gasteiger partial charge < -0.3 is 15.2 Å². The minimum absolute atomic E-state index is 0.124. The van der Waals surface area contributed by atoms with E-state index < -0.39 is 11.5 Å². The molecule has 1 aliphatic heterocycles. The van der Waals surface area contributed by atoms with Crippen LogP contribution in [0.3, 0.4) is 0 Å². The highest BCUT2D eigenvalue weighted by atomic mass is 16.5. The van der Waals surface area contributed by atoms with Crippen LogP contribution in [0.2, 0.25) is 0 Å². The van der Waals surface area contributed by atoms with Gasteiger partial charge in [-0.05, 0) is 12.8 Å². The lowest BCUT2D eigenvalue weighted by molar-refractivity contribution is 0.0694. The third-order valence-electron chi connectivity index (χ3n) is 2.55. The van der Waals surface area contributed by atoms with Crippen molar-refractivity contribution in [2.24, 2.45) is 0 Å². The fourth-order valence-corrected chi connectivity index (χ4v) is 1.65. The van der Waals surface area contributed by atoms with Crippen molar-refractivity contribution in [3.8, 4) is 0 Å². The molecular weight excluding hydrogens is 226 g/mol. The molecule has 1 fully saturated rings. The van der Waals surface area contributed by atoms with Crippen molar-refractivity contribution in [1.82, 2.24) is 9.97 Å². The molecule has 0 saturated carbocycles. The Hall–Kier alpha value is -1.89. The summed E-state index contributed by atoms with van der Waals surface area (Å²) in [6.07, 6.45) is 3.18. The van der Waals surface area contributed by atoms with Crippen LogP contribution in [0, 0.1) is 0 Å². The van der Waals surface area contributed by atoms with Gasteiger partial charge in [0.2, 0.25) is 5.95 Å². The van der Waals surface area contributed by atoms with Gasteiger partial charge in [0.25, 0.3) is 5.56 Å². The Morgan fingerprint density at radius 1 is 1.71 bits per heavy atom. The summed E-state index contributed by atoms with van der Waals surface area (Å²) in [5, 5.41) is 11.6. The second-order valence-corrected chi connectivity index (χ2v) is 3.80. The number of aromatic nitrogens is 2. The number of anilines is 1. The van der Waals surface area contributed by atoms with Crippen molar-refractivity contribution in [3.63, 3.8) is 0 Å². The summed E-state index contributed by atoms with van der Waals surface area (Å²) in [6.45, 7) is 1.31. The summed E-state index contributed by atoms with van der Waals surface area (Å²) in [6, 6.07) is 0. The zero-order valence-electron chi connectivity index (χ0n) is 9.10. The first kappa shape index (κ1) is 11.6. The van der Waals surface area contributed by atoms with Crippen LogP contribution in [0.25, 0.3) is 0 Å². The molecule has 0 bridgehead atoms. The van der Waals surface area contributed by atoms with Gasteiger partial charge in [-0.2, -0.15) is 0 Å². The van der Waals surface area contributed by atoms with Crippen LogP contribution >= 0.6 is 0 Å². The van der Waals surface area contributed by atoms with Crippen LogP contribution in [0.4, 0.5) is 5.95 Å². The first-order chi connectivity index (χ1) is 8.16. The fourth-order valence-electron chi connectivity index (χ4n) is 1.65. The Morgan fingerprint density at radius 3 is 3.12 bits per heavy atom. The number of rotatable bonds is 4. The number of nitrogens with one attached hydrogen (secondary N) is 2. The molecule has 1 saturated heterocycles. The zero-order chi connectivity index (χ0) is 12.3. The molecule has 0 radical (unpaired) electrons. The predicted octanol–water partition coefficient (Wildman–Crippen LogP) is 0.0590. The van der Waals surface area contributed by atoms with E-state index in [0.717, 1.165) is 25.6 Å². The summed E-state index contributed by atoms with van der Waals surface area (Å²) in [5.41, 5.74) is -1.03. The summed E-state index contributed by atoms with van der Waals surface area (Å²) in [5.74, 6) is -1.03. The van der Waals surface area contributed by atoms with Crippen molar-refractivity contribution in [3.05, 3.63) is 22.1 Å². The van der Waals surface area contributed by atoms with Crippen molar-refractivity contribution in [2.45, 2.75) is 18.9 Å². The maximum atomic E-state index is 11.3. The van der Waals surface area contributed by atoms with Gasteiger partial charge >= 0.3 is 5.97 Å². The van der Waals surface area contributed by atoms with Gasteiger partial charge in [-0.3, -0.25) is 9.78 Å². The number of hydrogen-bond donors (Lipinski definition) is 3. The molecule has 0 aromatic carbocycles. The smallest absolute Gasteiger partial charge is 0.342 e. The standard InChI is InChI=1S/C10H13N3O4/c14-8-7(9(15)16)5-12-10(13-8)11-4-6-2-1-3-17-6/h5-6H,1-4H2,(H,15,16)(H2,11,12,13,14)/t6-/m1/s1. The molecule has 1 atom stereocenters. The van der Waals surface area contributed by atoms with E-state index in [1.807, 2.05) is 0 Å². The maximum absolute atomic E-state index is 11.3. The molecule has 0 amide bonds. The number of carboxylic acids is 1. The van der Waals surface area contributed by atoms with E-state index in [1.165, 1.54) is 0 Å². The van der Waals surface area contributed by atoms with Gasteiger partial charge in [-0.1, -0.05) is 0 Å². The molecule has 7 nitrogen and oxygen atoms in total. The topological polar surface area (TPSA) is 104 Å². The first-order valence-electron chi connectivity index (χ1n) is 5.35. The molecule has 2 rings (SSSR count). The molecule has 2 heterocycles. The third kappa shape index (κ3) is 2.82. The average Bonchev–Trinajstić information content (AvgIpc) is 2.78. The largest absolute Gasteiger partial charge is 0.477 e. The Labute approximate surface area is 96.8 Å². The SMILES string of the molecule is O=C(O)c1cnc(NC[C@H]2CCCO2)[nH]c1=O. The Morgan fingerprint density at radius 2 is 2.53 bits per heavy atom. The second-order valence-electron chi connectivity index (χ2n) is 3.80. The van der Waals surface area contributed by atoms with Gasteiger partial charge in [0.1, 0.15) is 5.56 Å². The number of aromatic carboxylic acids is 1. The van der Waals surface area contributed by atoms with Crippen molar-refractivity contribution < 1.29 is 14.6 Å². The van der Waals surface area contributed by atoms with Crippen LogP contribution in [-0.4, -0.2) is 40.3 Å². The molecule has 1 aliphatic rings. The Bertz CT molecular complexity index is 465. The van der Waals surface area contributed by atoms with E-state index in [0.29, 0.717) is 6.54 Å². The van der Waals surface area contributed by atoms with Gasteiger partial charge in [0.15, 0.2) is 0 Å². The number of nitrogens with zero attached hydrogens (tertiary/aromatic N) is 1. The average molecular weight is 239 g/mol. The molecule has 1 aromatic rings. The van der Waals surface area contributed by atoms with E-state index >= 15 is 0 Å². The molecule has 0 spiro atoms. The van der Waals surface area contributed by atoms with Gasteiger partial charge in [-0.25, -0.2) is 9.78 Å². The highest BCUT2D eigenvalue weighted by molar-refractivity contribution is 5.86. The monoisotopic (exact) mass is 239 g/mol. The van der Waals surface area contributed by atoms with Gasteiger partial charge in [0, 0.05) is 13.2 Å². The number of carbonyl (C=O) groups is 1. The normalized spacial score (nSPS) is 19.2. The van der Waals surface area contributed by atoms with E-state index in [2.05, 4.69) is 15.3 Å². The summed E-state index contributed by atoms with van der Waals surface area (Å²) in [7, 11) is 0. The first-order valence-corrected chi connectivity index (χ1v) is 5.35. The summed E-state index contributed by atoms with van der Waals surface area (Å²) < 4.78 is 5.39. The lowest BCUT2D eigenvalue weighted by Gasteiger charge is -2.10. The van der Waals surface area contributed by atoms with E-state index in [-0.39, 0.29) is 17.6 Å². The molecule has 17 heavy (non-hydrogen) atoms. The molecule has 1 aromatic heterocycles. The number of H-pyrrole nitrogens is 1. The molecule has 0 unspecified atom stereocenters. The minimum Gasteiger partial charge on any atom is -0.477 e. The van der Waals surface area contributed by atoms with E-state index in [1.54, 1.807) is 0 Å². The third-order valence-corrected chi connectivity index (χ3v) is 2.55. The zero-order valence-corrected chi connectivity index (χ0v) is 9.10. The molecule has 92 valence electrons. The van der Waals surface area contributed by atoms with Crippen LogP contribution in [0.15, 0.2) is 11.0 Å². The molecule has 7 heteroatoms. The Kier molecular flexibility index (Phi) is 3.38. The minimum atomic E-state index is -1.29. The van der Waals surface area contributed by atoms with Crippen LogP contribution < -0.4 is 10.9 Å². The quantitative estimate of drug-likeness (QED) is 0.686. The Balaban J connectivity index is 1.99. The number of aromatic amines is 1. The van der Waals surface area contributed by atoms with Crippen molar-refractivity contribution in [2.75, 3.05) is 18.5 Å². The molecule has 0 aliphatic carbocycles. The number of ether oxygens (including phenoxy) is 1. The lowest BCUT2D eigenvalue weighted by Crippen LogP contribution is -2.24.